The van der Waals surface area contributed by atoms with E-state index in [1.165, 1.54) is 6.07 Å². The van der Waals surface area contributed by atoms with Gasteiger partial charge >= 0.3 is 15.2 Å². The van der Waals surface area contributed by atoms with Crippen molar-refractivity contribution >= 4 is 26.0 Å². The fourth-order valence-electron chi connectivity index (χ4n) is 1.65. The Morgan fingerprint density at radius 3 is 2.20 bits per heavy atom. The summed E-state index contributed by atoms with van der Waals surface area (Å²) < 4.78 is 27.4. The molecule has 0 aliphatic rings. The third-order valence-electron chi connectivity index (χ3n) is 2.57. The Labute approximate surface area is 114 Å². The minimum Gasteiger partial charge on any atom is -0.422 e. The molecule has 0 aliphatic heterocycles. The van der Waals surface area contributed by atoms with Gasteiger partial charge in [0.15, 0.2) is 0 Å². The maximum Gasteiger partial charge on any atom is 0.417 e. The van der Waals surface area contributed by atoms with E-state index in [4.69, 9.17) is 14.3 Å². The first kappa shape index (κ1) is 15.2. The summed E-state index contributed by atoms with van der Waals surface area (Å²) in [4.78, 5) is 27.0. The van der Waals surface area contributed by atoms with Gasteiger partial charge in [-0.15, -0.1) is 0 Å². The fraction of sp³-hybridized carbons (Fsp3) is 0.0909. The predicted octanol–water partition coefficient (Wildman–Crippen LogP) is 1.86. The van der Waals surface area contributed by atoms with E-state index in [9.17, 15) is 19.1 Å². The van der Waals surface area contributed by atoms with Crippen molar-refractivity contribution in [3.63, 3.8) is 0 Å². The first-order valence-corrected chi connectivity index (χ1v) is 8.78. The summed E-state index contributed by atoms with van der Waals surface area (Å²) in [6.45, 7) is 0. The van der Waals surface area contributed by atoms with Crippen LogP contribution in [0.25, 0.3) is 10.8 Å². The van der Waals surface area contributed by atoms with Gasteiger partial charge < -0.3 is 24.3 Å². The first-order valence-electron chi connectivity index (χ1n) is 5.45. The summed E-state index contributed by atoms with van der Waals surface area (Å²) in [5.41, 5.74) is -2.78. The zero-order valence-electron chi connectivity index (χ0n) is 10.0. The molecule has 2 aromatic rings. The molecule has 0 saturated carbocycles. The Kier molecular flexibility index (Phi) is 4.02. The van der Waals surface area contributed by atoms with Crippen LogP contribution in [0.5, 0.6) is 5.75 Å². The molecule has 4 N–H and O–H groups in total. The quantitative estimate of drug-likeness (QED) is 0.634. The number of aliphatic hydroxyl groups is 1. The Hall–Kier alpha value is -1.20. The molecule has 9 heteroatoms. The van der Waals surface area contributed by atoms with Crippen molar-refractivity contribution in [2.75, 3.05) is 0 Å². The van der Waals surface area contributed by atoms with Crippen molar-refractivity contribution < 1.29 is 33.4 Å². The summed E-state index contributed by atoms with van der Waals surface area (Å²) >= 11 is 0. The maximum absolute atomic E-state index is 11.8. The lowest BCUT2D eigenvalue weighted by Gasteiger charge is -2.20. The summed E-state index contributed by atoms with van der Waals surface area (Å²) in [5.74, 6) is -0.0403. The van der Waals surface area contributed by atoms with E-state index in [0.29, 0.717) is 5.39 Å². The van der Waals surface area contributed by atoms with E-state index in [1.54, 1.807) is 36.4 Å². The molecule has 2 aromatic carbocycles. The van der Waals surface area contributed by atoms with Gasteiger partial charge in [-0.25, -0.2) is 4.57 Å². The van der Waals surface area contributed by atoms with Crippen molar-refractivity contribution in [2.24, 2.45) is 0 Å². The lowest BCUT2D eigenvalue weighted by atomic mass is 10.1. The van der Waals surface area contributed by atoms with Gasteiger partial charge in [0.1, 0.15) is 5.75 Å². The van der Waals surface area contributed by atoms with Gasteiger partial charge in [0.05, 0.1) is 0 Å². The highest BCUT2D eigenvalue weighted by Gasteiger charge is 2.45. The summed E-state index contributed by atoms with van der Waals surface area (Å²) in [6.07, 6.45) is 0. The molecule has 0 heterocycles. The molecule has 0 saturated heterocycles. The van der Waals surface area contributed by atoms with Gasteiger partial charge in [0.2, 0.25) is 0 Å². The van der Waals surface area contributed by atoms with Gasteiger partial charge in [-0.1, -0.05) is 36.4 Å². The Bertz CT molecular complexity index is 718. The molecule has 2 atom stereocenters. The van der Waals surface area contributed by atoms with E-state index in [0.717, 1.165) is 5.39 Å². The summed E-state index contributed by atoms with van der Waals surface area (Å²) in [7, 11) is -10.1. The van der Waals surface area contributed by atoms with E-state index in [2.05, 4.69) is 0 Å². The van der Waals surface area contributed by atoms with Crippen LogP contribution in [0, 0.1) is 0 Å². The Morgan fingerprint density at radius 1 is 0.950 bits per heavy atom. The highest BCUT2D eigenvalue weighted by Crippen LogP contribution is 2.61. The number of fused-ring (bicyclic) bond motifs is 1. The average Bonchev–Trinajstić information content (AvgIpc) is 2.37. The van der Waals surface area contributed by atoms with E-state index in [1.807, 2.05) is 0 Å². The molecule has 7 nitrogen and oxygen atoms in total. The molecule has 2 rings (SSSR count). The predicted molar refractivity (Wildman–Crippen MR) is 72.5 cm³/mol. The zero-order valence-corrected chi connectivity index (χ0v) is 11.8. The standard InChI is InChI=1S/C11H12O7P2/c12-11(19(13,14)15)20(16,17)18-10-7-3-5-8-4-1-2-6-9(8)10/h1-7,11-12H,(H,16,17)(H2,13,14,15). The summed E-state index contributed by atoms with van der Waals surface area (Å²) in [5, 5.41) is 10.5. The lowest BCUT2D eigenvalue weighted by molar-refractivity contribution is 0.223. The van der Waals surface area contributed by atoms with Crippen LogP contribution < -0.4 is 4.52 Å². The van der Waals surface area contributed by atoms with Crippen molar-refractivity contribution in [1.82, 2.24) is 0 Å². The SMILES string of the molecule is O=P(O)(O)C(O)P(=O)(O)Oc1cccc2ccccc12. The van der Waals surface area contributed by atoms with Crippen LogP contribution in [0.3, 0.4) is 0 Å². The van der Waals surface area contributed by atoms with Crippen LogP contribution in [-0.2, 0) is 9.13 Å². The zero-order chi connectivity index (χ0) is 15.0. The van der Waals surface area contributed by atoms with Crippen LogP contribution in [0.1, 0.15) is 0 Å². The number of rotatable bonds is 4. The molecule has 108 valence electrons. The Balaban J connectivity index is 2.42. The number of hydrogen-bond acceptors (Lipinski definition) is 4. The average molecular weight is 318 g/mol. The van der Waals surface area contributed by atoms with Crippen LogP contribution >= 0.6 is 15.2 Å². The molecule has 0 fully saturated rings. The van der Waals surface area contributed by atoms with Gasteiger partial charge in [-0.2, -0.15) is 0 Å². The van der Waals surface area contributed by atoms with Crippen molar-refractivity contribution in [1.29, 1.82) is 0 Å². The minimum absolute atomic E-state index is 0.0403. The summed E-state index contributed by atoms with van der Waals surface area (Å²) in [6, 6.07) is 11.5. The number of aliphatic hydroxyl groups excluding tert-OH is 1. The maximum atomic E-state index is 11.8. The monoisotopic (exact) mass is 318 g/mol. The molecule has 0 amide bonds. The highest BCUT2D eigenvalue weighted by atomic mass is 31.2. The molecular weight excluding hydrogens is 306 g/mol. The molecular formula is C11H12O7P2. The third kappa shape index (κ3) is 3.10. The second kappa shape index (κ2) is 5.30. The van der Waals surface area contributed by atoms with Crippen molar-refractivity contribution in [2.45, 2.75) is 5.59 Å². The van der Waals surface area contributed by atoms with Crippen molar-refractivity contribution in [3.8, 4) is 5.75 Å². The fourth-order valence-corrected chi connectivity index (χ4v) is 3.85. The second-order valence-electron chi connectivity index (χ2n) is 4.07. The highest BCUT2D eigenvalue weighted by molar-refractivity contribution is 7.71. The van der Waals surface area contributed by atoms with Gasteiger partial charge in [0, 0.05) is 5.39 Å². The van der Waals surface area contributed by atoms with Crippen LogP contribution in [0.2, 0.25) is 0 Å². The van der Waals surface area contributed by atoms with Crippen LogP contribution in [0.15, 0.2) is 42.5 Å². The largest absolute Gasteiger partial charge is 0.422 e. The van der Waals surface area contributed by atoms with Gasteiger partial charge in [-0.05, 0) is 11.5 Å². The lowest BCUT2D eigenvalue weighted by Crippen LogP contribution is -2.12. The molecule has 0 bridgehead atoms. The Morgan fingerprint density at radius 2 is 1.55 bits per heavy atom. The number of benzene rings is 2. The van der Waals surface area contributed by atoms with Crippen LogP contribution in [0.4, 0.5) is 0 Å². The van der Waals surface area contributed by atoms with Gasteiger partial charge in [0.25, 0.3) is 5.59 Å². The topological polar surface area (TPSA) is 124 Å². The normalized spacial score (nSPS) is 16.6. The first-order chi connectivity index (χ1) is 9.22. The molecule has 20 heavy (non-hydrogen) atoms. The molecule has 0 aliphatic carbocycles. The second-order valence-corrected chi connectivity index (χ2v) is 7.94. The molecule has 0 radical (unpaired) electrons. The molecule has 0 aromatic heterocycles. The third-order valence-corrected chi connectivity index (χ3v) is 5.99. The van der Waals surface area contributed by atoms with E-state index >= 15 is 0 Å². The molecule has 2 unspecified atom stereocenters. The van der Waals surface area contributed by atoms with E-state index in [-0.39, 0.29) is 5.75 Å². The van der Waals surface area contributed by atoms with E-state index < -0.39 is 20.8 Å². The number of hydrogen-bond donors (Lipinski definition) is 4. The molecule has 0 spiro atoms. The minimum atomic E-state index is -5.16. The van der Waals surface area contributed by atoms with Crippen molar-refractivity contribution in [3.05, 3.63) is 42.5 Å². The van der Waals surface area contributed by atoms with Gasteiger partial charge in [-0.3, -0.25) is 4.57 Å². The smallest absolute Gasteiger partial charge is 0.417 e. The van der Waals surface area contributed by atoms with Crippen LogP contribution in [-0.4, -0.2) is 25.4 Å².